The van der Waals surface area contributed by atoms with E-state index in [1.807, 2.05) is 6.92 Å². The number of methoxy groups -OCH3 is 1. The largest absolute Gasteiger partial charge is 0.479 e. The van der Waals surface area contributed by atoms with Crippen molar-refractivity contribution in [3.05, 3.63) is 17.4 Å². The highest BCUT2D eigenvalue weighted by Gasteiger charge is 2.12. The number of hydrogen-bond donors (Lipinski definition) is 0. The van der Waals surface area contributed by atoms with Crippen LogP contribution in [0, 0.1) is 0 Å². The van der Waals surface area contributed by atoms with Crippen LogP contribution in [0.2, 0.25) is 0 Å². The van der Waals surface area contributed by atoms with Crippen LogP contribution in [0.25, 0.3) is 10.7 Å². The Labute approximate surface area is 91.2 Å². The van der Waals surface area contributed by atoms with Crippen LogP contribution in [0.5, 0.6) is 5.88 Å². The summed E-state index contributed by atoms with van der Waals surface area (Å²) in [7, 11) is 1.57. The Kier molecular flexibility index (Phi) is 2.86. The van der Waals surface area contributed by atoms with Crippen LogP contribution in [0.4, 0.5) is 0 Å². The molecule has 5 nitrogen and oxygen atoms in total. The molecule has 15 heavy (non-hydrogen) atoms. The highest BCUT2D eigenvalue weighted by molar-refractivity contribution is 7.12. The van der Waals surface area contributed by atoms with E-state index in [1.165, 1.54) is 11.3 Å². The molecule has 78 valence electrons. The molecule has 0 aliphatic carbocycles. The second-order valence-corrected chi connectivity index (χ2v) is 3.65. The predicted octanol–water partition coefficient (Wildman–Crippen LogP) is 1.57. The van der Waals surface area contributed by atoms with Crippen molar-refractivity contribution >= 4 is 11.3 Å². The van der Waals surface area contributed by atoms with Crippen LogP contribution < -0.4 is 4.74 Å². The molecule has 0 saturated carbocycles. The molecule has 0 saturated heterocycles. The van der Waals surface area contributed by atoms with E-state index in [0.717, 1.165) is 17.1 Å². The highest BCUT2D eigenvalue weighted by Crippen LogP contribution is 2.26. The van der Waals surface area contributed by atoms with Gasteiger partial charge in [0.2, 0.25) is 5.88 Å². The fraction of sp³-hybridized carbons (Fsp3) is 0.333. The van der Waals surface area contributed by atoms with E-state index in [9.17, 15) is 0 Å². The van der Waals surface area contributed by atoms with Crippen molar-refractivity contribution in [2.75, 3.05) is 7.11 Å². The molecular formula is C9H10N4OS. The quantitative estimate of drug-likeness (QED) is 0.788. The van der Waals surface area contributed by atoms with Gasteiger partial charge >= 0.3 is 0 Å². The molecule has 0 N–H and O–H groups in total. The van der Waals surface area contributed by atoms with Crippen molar-refractivity contribution in [3.63, 3.8) is 0 Å². The number of aryl methyl sites for hydroxylation is 1. The van der Waals surface area contributed by atoms with Gasteiger partial charge in [-0.15, -0.1) is 10.2 Å². The monoisotopic (exact) mass is 222 g/mol. The maximum Gasteiger partial charge on any atom is 0.242 e. The molecule has 0 spiro atoms. The van der Waals surface area contributed by atoms with E-state index in [1.54, 1.807) is 18.8 Å². The van der Waals surface area contributed by atoms with E-state index < -0.39 is 0 Å². The lowest BCUT2D eigenvalue weighted by Crippen LogP contribution is -1.98. The molecule has 0 atom stereocenters. The van der Waals surface area contributed by atoms with Crippen molar-refractivity contribution < 1.29 is 4.74 Å². The Bertz CT molecular complexity index is 443. The van der Waals surface area contributed by atoms with E-state index in [4.69, 9.17) is 4.74 Å². The molecule has 0 radical (unpaired) electrons. The summed E-state index contributed by atoms with van der Waals surface area (Å²) in [5.74, 6) is 0.490. The van der Waals surface area contributed by atoms with Gasteiger partial charge in [-0.25, -0.2) is 9.97 Å². The number of rotatable bonds is 3. The lowest BCUT2D eigenvalue weighted by atomic mass is 10.3. The van der Waals surface area contributed by atoms with Crippen LogP contribution in [0.3, 0.4) is 0 Å². The molecular weight excluding hydrogens is 212 g/mol. The first-order chi connectivity index (χ1) is 7.35. The lowest BCUT2D eigenvalue weighted by molar-refractivity contribution is 0.397. The standard InChI is InChI=1S/C9H10N4OS/c1-3-6-4-10-8(14-2)7(12-6)9-13-11-5-15-9/h4-5H,3H2,1-2H3. The lowest BCUT2D eigenvalue weighted by Gasteiger charge is -2.04. The molecule has 0 bridgehead atoms. The Morgan fingerprint density at radius 1 is 1.47 bits per heavy atom. The fourth-order valence-corrected chi connectivity index (χ4v) is 1.68. The summed E-state index contributed by atoms with van der Waals surface area (Å²) in [6, 6.07) is 0. The van der Waals surface area contributed by atoms with E-state index in [2.05, 4.69) is 20.2 Å². The molecule has 6 heteroatoms. The predicted molar refractivity (Wildman–Crippen MR) is 56.9 cm³/mol. The number of nitrogens with zero attached hydrogens (tertiary/aromatic N) is 4. The Balaban J connectivity index is 2.52. The van der Waals surface area contributed by atoms with Crippen LogP contribution in [-0.2, 0) is 6.42 Å². The summed E-state index contributed by atoms with van der Waals surface area (Å²) in [4.78, 5) is 8.60. The molecule has 0 unspecified atom stereocenters. The first kappa shape index (κ1) is 9.97. The van der Waals surface area contributed by atoms with E-state index >= 15 is 0 Å². The number of hydrogen-bond acceptors (Lipinski definition) is 6. The normalized spacial score (nSPS) is 10.3. The average molecular weight is 222 g/mol. The highest BCUT2D eigenvalue weighted by atomic mass is 32.1. The summed E-state index contributed by atoms with van der Waals surface area (Å²) < 4.78 is 5.13. The van der Waals surface area contributed by atoms with Crippen molar-refractivity contribution in [1.82, 2.24) is 20.2 Å². The van der Waals surface area contributed by atoms with Gasteiger partial charge in [0, 0.05) is 0 Å². The maximum atomic E-state index is 5.13. The smallest absolute Gasteiger partial charge is 0.242 e. The van der Waals surface area contributed by atoms with Gasteiger partial charge in [0.25, 0.3) is 0 Å². The summed E-state index contributed by atoms with van der Waals surface area (Å²) in [6.45, 7) is 2.03. The average Bonchev–Trinajstić information content (AvgIpc) is 2.81. The fourth-order valence-electron chi connectivity index (χ4n) is 1.15. The zero-order chi connectivity index (χ0) is 10.7. The maximum absolute atomic E-state index is 5.13. The summed E-state index contributed by atoms with van der Waals surface area (Å²) >= 11 is 1.42. The van der Waals surface area contributed by atoms with Gasteiger partial charge in [0.15, 0.2) is 10.7 Å². The molecule has 2 heterocycles. The topological polar surface area (TPSA) is 60.8 Å². The zero-order valence-electron chi connectivity index (χ0n) is 8.47. The Morgan fingerprint density at radius 3 is 2.93 bits per heavy atom. The third-order valence-electron chi connectivity index (χ3n) is 1.91. The summed E-state index contributed by atoms with van der Waals surface area (Å²) in [5, 5.41) is 8.46. The molecule has 0 aliphatic heterocycles. The first-order valence-corrected chi connectivity index (χ1v) is 5.39. The SMILES string of the molecule is CCc1cnc(OC)c(-c2nncs2)n1. The Morgan fingerprint density at radius 2 is 2.33 bits per heavy atom. The molecule has 0 fully saturated rings. The van der Waals surface area contributed by atoms with Crippen LogP contribution in [-0.4, -0.2) is 27.3 Å². The molecule has 0 amide bonds. The summed E-state index contributed by atoms with van der Waals surface area (Å²) in [6.07, 6.45) is 2.55. The van der Waals surface area contributed by atoms with Gasteiger partial charge in [-0.05, 0) is 6.42 Å². The second-order valence-electron chi connectivity index (χ2n) is 2.82. The van der Waals surface area contributed by atoms with Crippen molar-refractivity contribution in [2.24, 2.45) is 0 Å². The molecule has 2 rings (SSSR count). The zero-order valence-corrected chi connectivity index (χ0v) is 9.28. The van der Waals surface area contributed by atoms with E-state index in [0.29, 0.717) is 11.6 Å². The Hall–Kier alpha value is -1.56. The van der Waals surface area contributed by atoms with E-state index in [-0.39, 0.29) is 0 Å². The minimum Gasteiger partial charge on any atom is -0.479 e. The third kappa shape index (κ3) is 1.94. The van der Waals surface area contributed by atoms with Crippen molar-refractivity contribution in [3.8, 4) is 16.6 Å². The van der Waals surface area contributed by atoms with Crippen molar-refractivity contribution in [1.29, 1.82) is 0 Å². The third-order valence-corrected chi connectivity index (χ3v) is 2.60. The van der Waals surface area contributed by atoms with Crippen molar-refractivity contribution in [2.45, 2.75) is 13.3 Å². The summed E-state index contributed by atoms with van der Waals surface area (Å²) in [5.41, 5.74) is 3.25. The molecule has 0 aromatic carbocycles. The number of aromatic nitrogens is 4. The van der Waals surface area contributed by atoms with Gasteiger partial charge in [0.1, 0.15) is 5.51 Å². The van der Waals surface area contributed by atoms with Gasteiger partial charge in [-0.3, -0.25) is 0 Å². The van der Waals surface area contributed by atoms with Crippen LogP contribution in [0.1, 0.15) is 12.6 Å². The van der Waals surface area contributed by atoms with Gasteiger partial charge in [0.05, 0.1) is 19.0 Å². The van der Waals surface area contributed by atoms with Crippen LogP contribution in [0.15, 0.2) is 11.7 Å². The van der Waals surface area contributed by atoms with Gasteiger partial charge in [-0.1, -0.05) is 18.3 Å². The minimum atomic E-state index is 0.490. The molecule has 2 aromatic rings. The molecule has 2 aromatic heterocycles. The second kappa shape index (κ2) is 4.31. The minimum absolute atomic E-state index is 0.490. The molecule has 0 aliphatic rings. The van der Waals surface area contributed by atoms with Gasteiger partial charge in [-0.2, -0.15) is 0 Å². The number of ether oxygens (including phenoxy) is 1. The van der Waals surface area contributed by atoms with Gasteiger partial charge < -0.3 is 4.74 Å². The van der Waals surface area contributed by atoms with Crippen LogP contribution >= 0.6 is 11.3 Å². The first-order valence-electron chi connectivity index (χ1n) is 4.51.